The lowest BCUT2D eigenvalue weighted by Gasteiger charge is -2.22. The standard InChI is InChI=1S/C14H19N/c1-2-7-11-15(12-8-3-1)13-14-9-5-4-6-10-14/h4-7,9-11H,1-3,8,12-13H2. The molecule has 80 valence electrons. The maximum absolute atomic E-state index is 2.43. The van der Waals surface area contributed by atoms with Gasteiger partial charge in [-0.25, -0.2) is 0 Å². The van der Waals surface area contributed by atoms with Crippen molar-refractivity contribution in [3.05, 3.63) is 48.2 Å². The smallest absolute Gasteiger partial charge is 0.0423 e. The zero-order chi connectivity index (χ0) is 10.3. The van der Waals surface area contributed by atoms with Crippen molar-refractivity contribution in [2.45, 2.75) is 32.2 Å². The fourth-order valence-electron chi connectivity index (χ4n) is 2.00. The second-order valence-corrected chi connectivity index (χ2v) is 4.19. The average Bonchev–Trinajstić information content (AvgIpc) is 2.23. The molecule has 0 aliphatic carbocycles. The van der Waals surface area contributed by atoms with Gasteiger partial charge in [-0.15, -0.1) is 0 Å². The lowest BCUT2D eigenvalue weighted by atomic mass is 10.1. The second kappa shape index (κ2) is 5.59. The average molecular weight is 201 g/mol. The van der Waals surface area contributed by atoms with E-state index >= 15 is 0 Å². The van der Waals surface area contributed by atoms with Crippen molar-refractivity contribution in [2.75, 3.05) is 6.54 Å². The van der Waals surface area contributed by atoms with Gasteiger partial charge in [0, 0.05) is 13.1 Å². The number of hydrogen-bond donors (Lipinski definition) is 0. The minimum atomic E-state index is 1.05. The van der Waals surface area contributed by atoms with E-state index in [2.05, 4.69) is 47.5 Å². The van der Waals surface area contributed by atoms with E-state index < -0.39 is 0 Å². The van der Waals surface area contributed by atoms with E-state index in [9.17, 15) is 0 Å². The van der Waals surface area contributed by atoms with Gasteiger partial charge in [0.1, 0.15) is 0 Å². The van der Waals surface area contributed by atoms with Crippen molar-refractivity contribution in [3.63, 3.8) is 0 Å². The lowest BCUT2D eigenvalue weighted by molar-refractivity contribution is 0.349. The highest BCUT2D eigenvalue weighted by Crippen LogP contribution is 2.11. The molecule has 0 aromatic heterocycles. The molecule has 0 atom stereocenters. The molecule has 1 aromatic rings. The van der Waals surface area contributed by atoms with Crippen LogP contribution in [0.1, 0.15) is 31.2 Å². The Hall–Kier alpha value is -1.24. The van der Waals surface area contributed by atoms with Crippen LogP contribution in [0.2, 0.25) is 0 Å². The van der Waals surface area contributed by atoms with Crippen LogP contribution in [0.4, 0.5) is 0 Å². The first-order valence-electron chi connectivity index (χ1n) is 5.90. The van der Waals surface area contributed by atoms with Crippen LogP contribution >= 0.6 is 0 Å². The predicted octanol–water partition coefficient (Wildman–Crippen LogP) is 3.58. The monoisotopic (exact) mass is 201 g/mol. The third-order valence-electron chi connectivity index (χ3n) is 2.86. The van der Waals surface area contributed by atoms with E-state index in [1.165, 1.54) is 37.8 Å². The molecule has 0 N–H and O–H groups in total. The molecule has 1 aromatic carbocycles. The topological polar surface area (TPSA) is 3.24 Å². The van der Waals surface area contributed by atoms with Gasteiger partial charge < -0.3 is 4.90 Å². The summed E-state index contributed by atoms with van der Waals surface area (Å²) in [6.07, 6.45) is 9.88. The van der Waals surface area contributed by atoms with E-state index in [0.717, 1.165) is 6.54 Å². The number of allylic oxidation sites excluding steroid dienone is 1. The van der Waals surface area contributed by atoms with E-state index in [-0.39, 0.29) is 0 Å². The molecular formula is C14H19N. The Morgan fingerprint density at radius 2 is 1.87 bits per heavy atom. The summed E-state index contributed by atoms with van der Waals surface area (Å²) in [6, 6.07) is 10.7. The lowest BCUT2D eigenvalue weighted by Crippen LogP contribution is -2.18. The molecular weight excluding hydrogens is 182 g/mol. The Balaban J connectivity index is 1.95. The third kappa shape index (κ3) is 3.43. The fourth-order valence-corrected chi connectivity index (χ4v) is 2.00. The van der Waals surface area contributed by atoms with Crippen molar-refractivity contribution < 1.29 is 0 Å². The SMILES string of the molecule is C1=CN(Cc2ccccc2)CCCCC1. The Bertz CT molecular complexity index is 302. The van der Waals surface area contributed by atoms with Crippen molar-refractivity contribution in [1.82, 2.24) is 4.90 Å². The van der Waals surface area contributed by atoms with Gasteiger partial charge in [0.25, 0.3) is 0 Å². The van der Waals surface area contributed by atoms with Crippen LogP contribution in [-0.4, -0.2) is 11.4 Å². The summed E-state index contributed by atoms with van der Waals surface area (Å²) in [5, 5.41) is 0. The molecule has 0 amide bonds. The summed E-state index contributed by atoms with van der Waals surface area (Å²) in [4.78, 5) is 2.43. The van der Waals surface area contributed by atoms with Crippen molar-refractivity contribution in [1.29, 1.82) is 0 Å². The number of rotatable bonds is 2. The Kier molecular flexibility index (Phi) is 3.84. The Morgan fingerprint density at radius 3 is 2.73 bits per heavy atom. The van der Waals surface area contributed by atoms with Crippen molar-refractivity contribution in [3.8, 4) is 0 Å². The van der Waals surface area contributed by atoms with Crippen LogP contribution in [0.5, 0.6) is 0 Å². The molecule has 1 heteroatoms. The van der Waals surface area contributed by atoms with Crippen molar-refractivity contribution >= 4 is 0 Å². The van der Waals surface area contributed by atoms with Gasteiger partial charge in [-0.1, -0.05) is 42.8 Å². The molecule has 1 aliphatic heterocycles. The maximum atomic E-state index is 2.43. The van der Waals surface area contributed by atoms with Gasteiger partial charge in [-0.2, -0.15) is 0 Å². The molecule has 0 radical (unpaired) electrons. The Morgan fingerprint density at radius 1 is 1.00 bits per heavy atom. The summed E-state index contributed by atoms with van der Waals surface area (Å²) in [5.74, 6) is 0. The zero-order valence-electron chi connectivity index (χ0n) is 9.23. The quantitative estimate of drug-likeness (QED) is 0.707. The highest BCUT2D eigenvalue weighted by Gasteiger charge is 2.02. The normalized spacial score (nSPS) is 17.2. The second-order valence-electron chi connectivity index (χ2n) is 4.19. The largest absolute Gasteiger partial charge is 0.373 e. The molecule has 0 bridgehead atoms. The van der Waals surface area contributed by atoms with E-state index in [0.29, 0.717) is 0 Å². The van der Waals surface area contributed by atoms with Gasteiger partial charge in [-0.3, -0.25) is 0 Å². The minimum Gasteiger partial charge on any atom is -0.373 e. The van der Waals surface area contributed by atoms with Gasteiger partial charge in [0.15, 0.2) is 0 Å². The molecule has 2 rings (SSSR count). The third-order valence-corrected chi connectivity index (χ3v) is 2.86. The zero-order valence-corrected chi connectivity index (χ0v) is 9.23. The first-order valence-corrected chi connectivity index (χ1v) is 5.90. The minimum absolute atomic E-state index is 1.05. The summed E-state index contributed by atoms with van der Waals surface area (Å²) >= 11 is 0. The first kappa shape index (κ1) is 10.3. The van der Waals surface area contributed by atoms with E-state index in [1.54, 1.807) is 0 Å². The van der Waals surface area contributed by atoms with Gasteiger partial charge in [0.05, 0.1) is 0 Å². The van der Waals surface area contributed by atoms with Gasteiger partial charge in [0.2, 0.25) is 0 Å². The summed E-state index contributed by atoms with van der Waals surface area (Å²) in [7, 11) is 0. The number of hydrogen-bond acceptors (Lipinski definition) is 1. The molecule has 1 nitrogen and oxygen atoms in total. The molecule has 0 fully saturated rings. The van der Waals surface area contributed by atoms with Crippen molar-refractivity contribution in [2.24, 2.45) is 0 Å². The summed E-state index contributed by atoms with van der Waals surface area (Å²) in [5.41, 5.74) is 1.41. The predicted molar refractivity (Wildman–Crippen MR) is 64.5 cm³/mol. The van der Waals surface area contributed by atoms with Crippen LogP contribution in [0.3, 0.4) is 0 Å². The molecule has 15 heavy (non-hydrogen) atoms. The summed E-state index contributed by atoms with van der Waals surface area (Å²) < 4.78 is 0. The maximum Gasteiger partial charge on any atom is 0.0423 e. The molecule has 0 unspecified atom stereocenters. The molecule has 0 spiro atoms. The fraction of sp³-hybridized carbons (Fsp3) is 0.429. The summed E-state index contributed by atoms with van der Waals surface area (Å²) in [6.45, 7) is 2.25. The first-order chi connectivity index (χ1) is 7.45. The van der Waals surface area contributed by atoms with Gasteiger partial charge >= 0.3 is 0 Å². The van der Waals surface area contributed by atoms with Crippen LogP contribution in [0, 0.1) is 0 Å². The van der Waals surface area contributed by atoms with E-state index in [4.69, 9.17) is 0 Å². The number of nitrogens with zero attached hydrogens (tertiary/aromatic N) is 1. The van der Waals surface area contributed by atoms with Crippen LogP contribution in [-0.2, 0) is 6.54 Å². The molecule has 1 heterocycles. The highest BCUT2D eigenvalue weighted by molar-refractivity contribution is 5.14. The highest BCUT2D eigenvalue weighted by atomic mass is 15.1. The Labute approximate surface area is 92.4 Å². The number of benzene rings is 1. The molecule has 1 aliphatic rings. The van der Waals surface area contributed by atoms with E-state index in [1.807, 2.05) is 0 Å². The van der Waals surface area contributed by atoms with Crippen LogP contribution < -0.4 is 0 Å². The van der Waals surface area contributed by atoms with Crippen LogP contribution in [0.25, 0.3) is 0 Å². The molecule has 0 saturated heterocycles. The van der Waals surface area contributed by atoms with Crippen LogP contribution in [0.15, 0.2) is 42.6 Å². The van der Waals surface area contributed by atoms with Gasteiger partial charge in [-0.05, 0) is 31.0 Å². The molecule has 0 saturated carbocycles.